The van der Waals surface area contributed by atoms with Crippen LogP contribution in [-0.4, -0.2) is 43.0 Å². The molecule has 18 heavy (non-hydrogen) atoms. The van der Waals surface area contributed by atoms with Crippen molar-refractivity contribution in [2.24, 2.45) is 0 Å². The summed E-state index contributed by atoms with van der Waals surface area (Å²) in [5.74, 6) is -0.334. The number of esters is 1. The molecule has 0 unspecified atom stereocenters. The summed E-state index contributed by atoms with van der Waals surface area (Å²) in [4.78, 5) is 11.7. The van der Waals surface area contributed by atoms with Gasteiger partial charge in [-0.25, -0.2) is 0 Å². The molecule has 1 aromatic carbocycles. The average Bonchev–Trinajstić information content (AvgIpc) is 3.18. The van der Waals surface area contributed by atoms with Crippen molar-refractivity contribution in [2.75, 3.05) is 13.7 Å². The molecule has 5 nitrogen and oxygen atoms in total. The number of rotatable bonds is 6. The van der Waals surface area contributed by atoms with Crippen molar-refractivity contribution in [1.82, 2.24) is 5.32 Å². The van der Waals surface area contributed by atoms with Crippen LogP contribution in [0.5, 0.6) is 0 Å². The highest BCUT2D eigenvalue weighted by Gasteiger charge is 2.47. The number of ether oxygens (including phenoxy) is 2. The number of benzene rings is 1. The molecule has 0 bridgehead atoms. The Labute approximate surface area is 106 Å². The van der Waals surface area contributed by atoms with Crippen LogP contribution in [0.25, 0.3) is 0 Å². The van der Waals surface area contributed by atoms with Crippen LogP contribution >= 0.6 is 0 Å². The van der Waals surface area contributed by atoms with E-state index in [0.29, 0.717) is 0 Å². The van der Waals surface area contributed by atoms with Crippen LogP contribution in [0, 0.1) is 0 Å². The molecular formula is C13H17NO4. The van der Waals surface area contributed by atoms with Crippen molar-refractivity contribution in [2.45, 2.75) is 24.8 Å². The number of aliphatic hydroxyl groups is 1. The van der Waals surface area contributed by atoms with Gasteiger partial charge in [0.2, 0.25) is 0 Å². The van der Waals surface area contributed by atoms with Gasteiger partial charge in [-0.3, -0.25) is 10.1 Å². The number of aliphatic hydroxyl groups excluding tert-OH is 1. The van der Waals surface area contributed by atoms with E-state index in [9.17, 15) is 9.90 Å². The van der Waals surface area contributed by atoms with Crippen LogP contribution in [0.15, 0.2) is 30.3 Å². The maximum atomic E-state index is 11.7. The Kier molecular flexibility index (Phi) is 4.30. The Bertz CT molecular complexity index is 395. The molecule has 0 aliphatic carbocycles. The van der Waals surface area contributed by atoms with E-state index in [4.69, 9.17) is 9.47 Å². The number of hydrogen-bond donors (Lipinski definition) is 2. The summed E-state index contributed by atoms with van der Waals surface area (Å²) in [6.45, 7) is 0.463. The summed E-state index contributed by atoms with van der Waals surface area (Å²) in [6.07, 6.45) is -0.677. The molecular weight excluding hydrogens is 234 g/mol. The maximum absolute atomic E-state index is 11.7. The van der Waals surface area contributed by atoms with E-state index in [-0.39, 0.29) is 25.2 Å². The van der Waals surface area contributed by atoms with E-state index in [1.54, 1.807) is 0 Å². The monoisotopic (exact) mass is 251 g/mol. The first-order valence-corrected chi connectivity index (χ1v) is 5.86. The SMILES string of the molecule is COC[C@@H](O)[C@@H]1N[C@@H]1C(=O)OCc1ccccc1. The predicted molar refractivity (Wildman–Crippen MR) is 64.8 cm³/mol. The summed E-state index contributed by atoms with van der Waals surface area (Å²) in [7, 11) is 1.51. The molecule has 3 atom stereocenters. The zero-order chi connectivity index (χ0) is 13.0. The predicted octanol–water partition coefficient (Wildman–Crippen LogP) is 0.0775. The molecule has 0 saturated carbocycles. The molecule has 1 aliphatic heterocycles. The van der Waals surface area contributed by atoms with Gasteiger partial charge >= 0.3 is 5.97 Å². The Hall–Kier alpha value is -1.43. The Morgan fingerprint density at radius 2 is 2.17 bits per heavy atom. The third-order valence-corrected chi connectivity index (χ3v) is 2.85. The summed E-state index contributed by atoms with van der Waals surface area (Å²) < 4.78 is 9.98. The summed E-state index contributed by atoms with van der Waals surface area (Å²) in [6, 6.07) is 8.81. The van der Waals surface area contributed by atoms with Crippen LogP contribution in [0.2, 0.25) is 0 Å². The highest BCUT2D eigenvalue weighted by molar-refractivity contribution is 5.80. The maximum Gasteiger partial charge on any atom is 0.325 e. The lowest BCUT2D eigenvalue weighted by Gasteiger charge is -2.07. The number of nitrogens with one attached hydrogen (secondary N) is 1. The first kappa shape index (κ1) is 13.0. The topological polar surface area (TPSA) is 77.7 Å². The molecule has 98 valence electrons. The van der Waals surface area contributed by atoms with E-state index in [1.165, 1.54) is 7.11 Å². The molecule has 0 amide bonds. The smallest absolute Gasteiger partial charge is 0.325 e. The fraction of sp³-hybridized carbons (Fsp3) is 0.462. The van der Waals surface area contributed by atoms with Gasteiger partial charge in [-0.2, -0.15) is 0 Å². The summed E-state index contributed by atoms with van der Waals surface area (Å²) in [5.41, 5.74) is 0.945. The Morgan fingerprint density at radius 3 is 2.83 bits per heavy atom. The number of hydrogen-bond acceptors (Lipinski definition) is 5. The molecule has 2 rings (SSSR count). The molecule has 0 spiro atoms. The molecule has 0 aromatic heterocycles. The fourth-order valence-electron chi connectivity index (χ4n) is 1.79. The van der Waals surface area contributed by atoms with E-state index in [0.717, 1.165) is 5.56 Å². The zero-order valence-corrected chi connectivity index (χ0v) is 10.2. The number of methoxy groups -OCH3 is 1. The van der Waals surface area contributed by atoms with Crippen molar-refractivity contribution in [1.29, 1.82) is 0 Å². The first-order valence-electron chi connectivity index (χ1n) is 5.86. The second kappa shape index (κ2) is 5.95. The summed E-state index contributed by atoms with van der Waals surface area (Å²) in [5, 5.41) is 12.5. The van der Waals surface area contributed by atoms with E-state index >= 15 is 0 Å². The van der Waals surface area contributed by atoms with Crippen LogP contribution < -0.4 is 5.32 Å². The second-order valence-electron chi connectivity index (χ2n) is 4.29. The third kappa shape index (κ3) is 3.29. The van der Waals surface area contributed by atoms with Crippen molar-refractivity contribution >= 4 is 5.97 Å². The Balaban J connectivity index is 1.74. The van der Waals surface area contributed by atoms with Gasteiger partial charge in [-0.05, 0) is 5.56 Å². The quantitative estimate of drug-likeness (QED) is 0.553. The molecule has 1 fully saturated rings. The fourth-order valence-corrected chi connectivity index (χ4v) is 1.79. The lowest BCUT2D eigenvalue weighted by molar-refractivity contribution is -0.144. The van der Waals surface area contributed by atoms with Crippen LogP contribution in [0.1, 0.15) is 5.56 Å². The largest absolute Gasteiger partial charge is 0.460 e. The molecule has 0 radical (unpaired) electrons. The Morgan fingerprint density at radius 1 is 1.44 bits per heavy atom. The van der Waals surface area contributed by atoms with Crippen LogP contribution in [0.4, 0.5) is 0 Å². The van der Waals surface area contributed by atoms with Crippen molar-refractivity contribution in [3.63, 3.8) is 0 Å². The standard InChI is InChI=1S/C13H17NO4/c1-17-8-10(15)11-12(14-11)13(16)18-7-9-5-3-2-4-6-9/h2-6,10-12,14-15H,7-8H2,1H3/t10-,11+,12+/m1/s1. The first-order chi connectivity index (χ1) is 8.72. The van der Waals surface area contributed by atoms with E-state index < -0.39 is 12.1 Å². The number of carbonyl (C=O) groups is 1. The van der Waals surface area contributed by atoms with Crippen molar-refractivity contribution < 1.29 is 19.4 Å². The normalized spacial score (nSPS) is 23.4. The number of carbonyl (C=O) groups excluding carboxylic acids is 1. The molecule has 2 N–H and O–H groups in total. The van der Waals surface area contributed by atoms with E-state index in [1.807, 2.05) is 30.3 Å². The molecule has 1 heterocycles. The molecule has 5 heteroatoms. The third-order valence-electron chi connectivity index (χ3n) is 2.85. The van der Waals surface area contributed by atoms with Gasteiger partial charge in [0.1, 0.15) is 12.6 Å². The molecule has 1 aliphatic rings. The van der Waals surface area contributed by atoms with Crippen LogP contribution in [-0.2, 0) is 20.9 Å². The van der Waals surface area contributed by atoms with Gasteiger partial charge in [-0.1, -0.05) is 30.3 Å². The van der Waals surface area contributed by atoms with Crippen molar-refractivity contribution in [3.8, 4) is 0 Å². The minimum Gasteiger partial charge on any atom is -0.460 e. The zero-order valence-electron chi connectivity index (χ0n) is 10.2. The second-order valence-corrected chi connectivity index (χ2v) is 4.29. The minimum atomic E-state index is -0.677. The van der Waals surface area contributed by atoms with Gasteiger partial charge in [0.15, 0.2) is 0 Å². The highest BCUT2D eigenvalue weighted by atomic mass is 16.5. The van der Waals surface area contributed by atoms with Crippen LogP contribution in [0.3, 0.4) is 0 Å². The highest BCUT2D eigenvalue weighted by Crippen LogP contribution is 2.17. The van der Waals surface area contributed by atoms with Gasteiger partial charge < -0.3 is 14.6 Å². The van der Waals surface area contributed by atoms with E-state index in [2.05, 4.69) is 5.32 Å². The van der Waals surface area contributed by atoms with Gasteiger partial charge in [0.05, 0.1) is 18.8 Å². The van der Waals surface area contributed by atoms with Gasteiger partial charge in [-0.15, -0.1) is 0 Å². The summed E-state index contributed by atoms with van der Waals surface area (Å²) >= 11 is 0. The van der Waals surface area contributed by atoms with Gasteiger partial charge in [0.25, 0.3) is 0 Å². The molecule has 1 aromatic rings. The molecule has 1 saturated heterocycles. The van der Waals surface area contributed by atoms with Crippen molar-refractivity contribution in [3.05, 3.63) is 35.9 Å². The average molecular weight is 251 g/mol. The minimum absolute atomic E-state index is 0.208. The van der Waals surface area contributed by atoms with Gasteiger partial charge in [0, 0.05) is 7.11 Å². The lowest BCUT2D eigenvalue weighted by Crippen LogP contribution is -2.26. The lowest BCUT2D eigenvalue weighted by atomic mass is 10.2.